The summed E-state index contributed by atoms with van der Waals surface area (Å²) in [5.74, 6) is 0. The fourth-order valence-corrected chi connectivity index (χ4v) is 8.85. The van der Waals surface area contributed by atoms with Crippen molar-refractivity contribution in [1.82, 2.24) is 0 Å². The molecular weight excluding hydrogens is 516 g/mol. The highest BCUT2D eigenvalue weighted by Crippen LogP contribution is 2.61. The molecule has 0 N–H and O–H groups in total. The Bertz CT molecular complexity index is 2020. The van der Waals surface area contributed by atoms with Crippen LogP contribution in [0.4, 0.5) is 0 Å². The average molecular weight is 561 g/mol. The van der Waals surface area contributed by atoms with E-state index in [1.807, 2.05) is 0 Å². The molecule has 0 aromatic heterocycles. The SMILES string of the molecule is Cc1c(C)c(C)c2c(c1C)-c1c(C)c(C)c(C)c(C)c1C1(C=Cc3c1ccc1ccccc31)c1c(C)c(C)c(C)c(C)c1-2. The molecule has 0 aliphatic heterocycles. The Morgan fingerprint density at radius 2 is 0.814 bits per heavy atom. The van der Waals surface area contributed by atoms with Crippen LogP contribution in [-0.2, 0) is 5.41 Å². The smallest absolute Gasteiger partial charge is 0.0645 e. The fraction of sp³-hybridized carbons (Fsp3) is 0.302. The molecule has 216 valence electrons. The summed E-state index contributed by atoms with van der Waals surface area (Å²) in [6.45, 7) is 28.3. The van der Waals surface area contributed by atoms with Crippen LogP contribution in [0.25, 0.3) is 39.1 Å². The predicted molar refractivity (Wildman–Crippen MR) is 187 cm³/mol. The van der Waals surface area contributed by atoms with E-state index in [-0.39, 0.29) is 0 Å². The molecule has 0 unspecified atom stereocenters. The number of hydrogen-bond acceptors (Lipinski definition) is 0. The zero-order valence-electron chi connectivity index (χ0n) is 28.1. The van der Waals surface area contributed by atoms with Crippen LogP contribution in [0, 0.1) is 83.1 Å². The highest BCUT2D eigenvalue weighted by atomic mass is 14.5. The lowest BCUT2D eigenvalue weighted by atomic mass is 9.64. The summed E-state index contributed by atoms with van der Waals surface area (Å²) in [5.41, 5.74) is 28.2. The van der Waals surface area contributed by atoms with Crippen LogP contribution >= 0.6 is 0 Å². The maximum atomic E-state index is 2.58. The molecule has 0 fully saturated rings. The van der Waals surface area contributed by atoms with Gasteiger partial charge in [0.25, 0.3) is 0 Å². The van der Waals surface area contributed by atoms with E-state index in [2.05, 4.69) is 132 Å². The highest BCUT2D eigenvalue weighted by molar-refractivity contribution is 6.03. The number of hydrogen-bond donors (Lipinski definition) is 0. The zero-order chi connectivity index (χ0) is 30.9. The summed E-state index contributed by atoms with van der Waals surface area (Å²) in [4.78, 5) is 0. The number of rotatable bonds is 0. The molecular formula is C43H44. The van der Waals surface area contributed by atoms with Crippen molar-refractivity contribution in [3.8, 4) is 22.3 Å². The van der Waals surface area contributed by atoms with E-state index in [1.54, 1.807) is 0 Å². The van der Waals surface area contributed by atoms with Gasteiger partial charge in [0.2, 0.25) is 0 Å². The Morgan fingerprint density at radius 3 is 1.30 bits per heavy atom. The minimum absolute atomic E-state index is 0.398. The molecule has 0 amide bonds. The molecule has 0 heterocycles. The summed E-state index contributed by atoms with van der Waals surface area (Å²) >= 11 is 0. The van der Waals surface area contributed by atoms with Gasteiger partial charge in [-0.3, -0.25) is 0 Å². The average Bonchev–Trinajstić information content (AvgIpc) is 3.34. The predicted octanol–water partition coefficient (Wildman–Crippen LogP) is 11.5. The topological polar surface area (TPSA) is 0 Å². The molecule has 0 radical (unpaired) electrons. The zero-order valence-corrected chi connectivity index (χ0v) is 28.1. The minimum Gasteiger partial charge on any atom is -0.0645 e. The minimum atomic E-state index is -0.398. The van der Waals surface area contributed by atoms with E-state index in [9.17, 15) is 0 Å². The first-order valence-corrected chi connectivity index (χ1v) is 15.9. The van der Waals surface area contributed by atoms with Gasteiger partial charge in [0.15, 0.2) is 0 Å². The second-order valence-corrected chi connectivity index (χ2v) is 13.6. The Kier molecular flexibility index (Phi) is 5.88. The maximum absolute atomic E-state index is 2.58. The van der Waals surface area contributed by atoms with Crippen molar-refractivity contribution in [3.63, 3.8) is 0 Å². The highest BCUT2D eigenvalue weighted by Gasteiger charge is 2.48. The number of fused-ring (bicyclic) bond motifs is 11. The summed E-state index contributed by atoms with van der Waals surface area (Å²) in [6, 6.07) is 13.7. The standard InChI is InChI=1S/C43H44/c1-21-22(2)28(8)38-37(27(21)7)39-29(9)23(3)25(5)31(11)41(39)43(42-32(12)26(6)24(4)30(10)40(38)42)20-19-35-34-16-14-13-15-33(34)17-18-36(35)43/h13-20H,1-12H3. The van der Waals surface area contributed by atoms with Crippen molar-refractivity contribution in [2.75, 3.05) is 0 Å². The lowest BCUT2D eigenvalue weighted by Gasteiger charge is -2.38. The van der Waals surface area contributed by atoms with Gasteiger partial charge in [-0.25, -0.2) is 0 Å². The Hall–Kier alpha value is -3.90. The van der Waals surface area contributed by atoms with E-state index in [4.69, 9.17) is 0 Å². The van der Waals surface area contributed by atoms with Gasteiger partial charge in [0.05, 0.1) is 5.41 Å². The molecule has 0 bridgehead atoms. The molecule has 0 saturated carbocycles. The van der Waals surface area contributed by atoms with Crippen LogP contribution in [0.15, 0.2) is 42.5 Å². The van der Waals surface area contributed by atoms with Crippen LogP contribution in [0.2, 0.25) is 0 Å². The molecule has 0 atom stereocenters. The second-order valence-electron chi connectivity index (χ2n) is 13.6. The van der Waals surface area contributed by atoms with Crippen molar-refractivity contribution in [2.45, 2.75) is 88.5 Å². The summed E-state index contributed by atoms with van der Waals surface area (Å²) in [7, 11) is 0. The van der Waals surface area contributed by atoms with E-state index >= 15 is 0 Å². The summed E-state index contributed by atoms with van der Waals surface area (Å²) in [5, 5.41) is 2.65. The third kappa shape index (κ3) is 3.22. The summed E-state index contributed by atoms with van der Waals surface area (Å²) in [6.07, 6.45) is 5.03. The first-order valence-electron chi connectivity index (χ1n) is 15.9. The van der Waals surface area contributed by atoms with Gasteiger partial charge < -0.3 is 0 Å². The normalized spacial score (nSPS) is 14.1. The first kappa shape index (κ1) is 27.9. The van der Waals surface area contributed by atoms with Crippen LogP contribution in [0.3, 0.4) is 0 Å². The van der Waals surface area contributed by atoms with E-state index in [0.29, 0.717) is 0 Å². The van der Waals surface area contributed by atoms with Crippen LogP contribution in [0.1, 0.15) is 89.0 Å². The fourth-order valence-electron chi connectivity index (χ4n) is 8.85. The molecule has 7 rings (SSSR count). The molecule has 5 aromatic rings. The van der Waals surface area contributed by atoms with Crippen LogP contribution in [0.5, 0.6) is 0 Å². The lowest BCUT2D eigenvalue weighted by molar-refractivity contribution is 0.778. The van der Waals surface area contributed by atoms with Gasteiger partial charge in [-0.1, -0.05) is 48.6 Å². The molecule has 43 heavy (non-hydrogen) atoms. The maximum Gasteiger partial charge on any atom is 0.0658 e. The lowest BCUT2D eigenvalue weighted by Crippen LogP contribution is -2.30. The van der Waals surface area contributed by atoms with Crippen molar-refractivity contribution < 1.29 is 0 Å². The Morgan fingerprint density at radius 1 is 0.395 bits per heavy atom. The van der Waals surface area contributed by atoms with Gasteiger partial charge in [-0.2, -0.15) is 0 Å². The monoisotopic (exact) mass is 560 g/mol. The van der Waals surface area contributed by atoms with E-state index < -0.39 is 5.41 Å². The molecule has 5 aromatic carbocycles. The number of benzene rings is 5. The molecule has 0 saturated heterocycles. The molecule has 0 heteroatoms. The van der Waals surface area contributed by atoms with Gasteiger partial charge in [-0.05, 0) is 205 Å². The van der Waals surface area contributed by atoms with Gasteiger partial charge in [-0.15, -0.1) is 0 Å². The van der Waals surface area contributed by atoms with E-state index in [1.165, 1.54) is 122 Å². The van der Waals surface area contributed by atoms with Crippen molar-refractivity contribution in [3.05, 3.63) is 131 Å². The number of allylic oxidation sites excluding steroid dienone is 1. The Balaban J connectivity index is 1.87. The third-order valence-electron chi connectivity index (χ3n) is 12.2. The molecule has 0 nitrogen and oxygen atoms in total. The third-order valence-corrected chi connectivity index (χ3v) is 12.2. The van der Waals surface area contributed by atoms with Gasteiger partial charge in [0, 0.05) is 0 Å². The molecule has 1 spiro atoms. The van der Waals surface area contributed by atoms with E-state index in [0.717, 1.165) is 0 Å². The van der Waals surface area contributed by atoms with Crippen molar-refractivity contribution >= 4 is 16.8 Å². The van der Waals surface area contributed by atoms with Crippen LogP contribution in [-0.4, -0.2) is 0 Å². The largest absolute Gasteiger partial charge is 0.0658 e. The van der Waals surface area contributed by atoms with Crippen LogP contribution < -0.4 is 0 Å². The first-order chi connectivity index (χ1) is 20.4. The molecule has 2 aliphatic carbocycles. The Labute approximate surface area is 258 Å². The van der Waals surface area contributed by atoms with Crippen molar-refractivity contribution in [2.24, 2.45) is 0 Å². The van der Waals surface area contributed by atoms with Gasteiger partial charge >= 0.3 is 0 Å². The van der Waals surface area contributed by atoms with Gasteiger partial charge in [0.1, 0.15) is 0 Å². The quantitative estimate of drug-likeness (QED) is 0.177. The second kappa shape index (κ2) is 9.06. The van der Waals surface area contributed by atoms with Crippen molar-refractivity contribution in [1.29, 1.82) is 0 Å². The summed E-state index contributed by atoms with van der Waals surface area (Å²) < 4.78 is 0. The molecule has 2 aliphatic rings.